The fourth-order valence-corrected chi connectivity index (χ4v) is 2.11. The summed E-state index contributed by atoms with van der Waals surface area (Å²) >= 11 is 0. The molecule has 1 aromatic carbocycles. The first kappa shape index (κ1) is 10.8. The third-order valence-electron chi connectivity index (χ3n) is 2.04. The first-order valence-electron chi connectivity index (χ1n) is 4.90. The van der Waals surface area contributed by atoms with Crippen molar-refractivity contribution in [1.82, 2.24) is 4.98 Å². The molecule has 0 N–H and O–H groups in total. The highest BCUT2D eigenvalue weighted by Gasteiger charge is 1.96. The van der Waals surface area contributed by atoms with Crippen LogP contribution >= 0.6 is 0 Å². The summed E-state index contributed by atoms with van der Waals surface area (Å²) in [5.41, 5.74) is 0.951. The highest BCUT2D eigenvalue weighted by molar-refractivity contribution is 7.88. The molecule has 1 aromatic heterocycles. The van der Waals surface area contributed by atoms with Gasteiger partial charge in [-0.25, -0.2) is 4.21 Å². The van der Waals surface area contributed by atoms with Crippen molar-refractivity contribution in [2.75, 3.05) is 0 Å². The van der Waals surface area contributed by atoms with Crippen LogP contribution in [0.2, 0.25) is 0 Å². The molecular formula is C13H11NOS. The van der Waals surface area contributed by atoms with Crippen LogP contribution in [0.3, 0.4) is 0 Å². The lowest BCUT2D eigenvalue weighted by molar-refractivity contribution is 0.688. The highest BCUT2D eigenvalue weighted by Crippen LogP contribution is 2.08. The number of pyridine rings is 1. The Balaban J connectivity index is 2.12. The molecule has 0 spiro atoms. The number of hydrogen-bond donors (Lipinski definition) is 0. The van der Waals surface area contributed by atoms with Crippen molar-refractivity contribution in [2.45, 2.75) is 4.90 Å². The zero-order valence-corrected chi connectivity index (χ0v) is 9.43. The van der Waals surface area contributed by atoms with E-state index in [4.69, 9.17) is 0 Å². The summed E-state index contributed by atoms with van der Waals surface area (Å²) < 4.78 is 11.8. The molecule has 0 aliphatic heterocycles. The lowest BCUT2D eigenvalue weighted by atomic mass is 10.3. The van der Waals surface area contributed by atoms with Crippen molar-refractivity contribution >= 4 is 16.9 Å². The largest absolute Gasteiger partial charge is 0.264 e. The van der Waals surface area contributed by atoms with Gasteiger partial charge in [-0.3, -0.25) is 4.98 Å². The van der Waals surface area contributed by atoms with E-state index in [1.54, 1.807) is 17.8 Å². The lowest BCUT2D eigenvalue weighted by Gasteiger charge is -1.95. The van der Waals surface area contributed by atoms with E-state index in [0.29, 0.717) is 0 Å². The van der Waals surface area contributed by atoms with Crippen molar-refractivity contribution in [3.8, 4) is 0 Å². The second-order valence-electron chi connectivity index (χ2n) is 3.20. The Morgan fingerprint density at radius 2 is 1.88 bits per heavy atom. The summed E-state index contributed by atoms with van der Waals surface area (Å²) in [5, 5.41) is 1.67. The molecule has 1 atom stereocenters. The quantitative estimate of drug-likeness (QED) is 0.810. The van der Waals surface area contributed by atoms with E-state index in [2.05, 4.69) is 4.98 Å². The minimum Gasteiger partial charge on any atom is -0.264 e. The smallest absolute Gasteiger partial charge is 0.0776 e. The first-order chi connectivity index (χ1) is 7.86. The number of aromatic nitrogens is 1. The molecule has 0 radical (unpaired) electrons. The van der Waals surface area contributed by atoms with Crippen LogP contribution in [0, 0.1) is 0 Å². The van der Waals surface area contributed by atoms with Crippen LogP contribution in [0.15, 0.2) is 65.2 Å². The molecule has 0 aliphatic carbocycles. The van der Waals surface area contributed by atoms with Crippen molar-refractivity contribution in [3.63, 3.8) is 0 Å². The minimum absolute atomic E-state index is 0.808. The standard InChI is InChI=1S/C13H11NOS/c15-16(13-6-2-1-3-7-13)10-8-12-5-4-9-14-11-12/h1-11H/b10-8-. The zero-order chi connectivity index (χ0) is 11.2. The third kappa shape index (κ3) is 2.87. The van der Waals surface area contributed by atoms with Crippen molar-refractivity contribution in [2.24, 2.45) is 0 Å². The molecule has 1 heterocycles. The summed E-state index contributed by atoms with van der Waals surface area (Å²) in [7, 11) is -1.09. The number of nitrogens with zero attached hydrogens (tertiary/aromatic N) is 1. The van der Waals surface area contributed by atoms with E-state index >= 15 is 0 Å². The number of hydrogen-bond acceptors (Lipinski definition) is 2. The van der Waals surface area contributed by atoms with Crippen LogP contribution in [0.25, 0.3) is 6.08 Å². The molecule has 80 valence electrons. The molecule has 16 heavy (non-hydrogen) atoms. The average Bonchev–Trinajstić information content (AvgIpc) is 2.38. The lowest BCUT2D eigenvalue weighted by Crippen LogP contribution is -1.84. The Kier molecular flexibility index (Phi) is 3.62. The molecule has 0 saturated heterocycles. The summed E-state index contributed by atoms with van der Waals surface area (Å²) in [6.07, 6.45) is 5.26. The molecule has 0 fully saturated rings. The maximum atomic E-state index is 11.8. The molecule has 3 heteroatoms. The fourth-order valence-electron chi connectivity index (χ4n) is 1.25. The Hall–Kier alpha value is -1.74. The highest BCUT2D eigenvalue weighted by atomic mass is 32.2. The maximum absolute atomic E-state index is 11.8. The maximum Gasteiger partial charge on any atom is 0.0776 e. The third-order valence-corrected chi connectivity index (χ3v) is 3.16. The molecule has 0 aliphatic rings. The minimum atomic E-state index is -1.09. The van der Waals surface area contributed by atoms with Crippen LogP contribution in [0.1, 0.15) is 5.56 Å². The SMILES string of the molecule is O=S(/C=C\c1cccnc1)c1ccccc1. The number of rotatable bonds is 3. The Bertz CT molecular complexity index is 494. The van der Waals surface area contributed by atoms with Gasteiger partial charge >= 0.3 is 0 Å². The Labute approximate surface area is 97.1 Å². The second kappa shape index (κ2) is 5.37. The summed E-state index contributed by atoms with van der Waals surface area (Å²) in [6.45, 7) is 0. The second-order valence-corrected chi connectivity index (χ2v) is 4.54. The van der Waals surface area contributed by atoms with E-state index in [-0.39, 0.29) is 0 Å². The van der Waals surface area contributed by atoms with Crippen LogP contribution in [-0.4, -0.2) is 9.19 Å². The van der Waals surface area contributed by atoms with Gasteiger partial charge in [0, 0.05) is 22.7 Å². The Morgan fingerprint density at radius 1 is 1.06 bits per heavy atom. The van der Waals surface area contributed by atoms with Gasteiger partial charge in [0.2, 0.25) is 0 Å². The average molecular weight is 229 g/mol. The van der Waals surface area contributed by atoms with E-state index in [1.165, 1.54) is 0 Å². The molecule has 1 unspecified atom stereocenters. The van der Waals surface area contributed by atoms with Gasteiger partial charge in [-0.15, -0.1) is 0 Å². The number of benzene rings is 1. The molecule has 0 amide bonds. The van der Waals surface area contributed by atoms with E-state index in [0.717, 1.165) is 10.5 Å². The van der Waals surface area contributed by atoms with Gasteiger partial charge in [-0.2, -0.15) is 0 Å². The summed E-state index contributed by atoms with van der Waals surface area (Å²) in [6, 6.07) is 13.1. The van der Waals surface area contributed by atoms with Gasteiger partial charge in [0.1, 0.15) is 0 Å². The van der Waals surface area contributed by atoms with E-state index in [1.807, 2.05) is 48.5 Å². The van der Waals surface area contributed by atoms with Crippen LogP contribution in [-0.2, 0) is 10.8 Å². The van der Waals surface area contributed by atoms with Gasteiger partial charge in [0.15, 0.2) is 0 Å². The van der Waals surface area contributed by atoms with Gasteiger partial charge in [0.25, 0.3) is 0 Å². The van der Waals surface area contributed by atoms with Crippen molar-refractivity contribution < 1.29 is 4.21 Å². The van der Waals surface area contributed by atoms with Crippen LogP contribution < -0.4 is 0 Å². The predicted octanol–water partition coefficient (Wildman–Crippen LogP) is 2.86. The van der Waals surface area contributed by atoms with Crippen molar-refractivity contribution in [1.29, 1.82) is 0 Å². The first-order valence-corrected chi connectivity index (χ1v) is 6.11. The van der Waals surface area contributed by atoms with Crippen LogP contribution in [0.4, 0.5) is 0 Å². The van der Waals surface area contributed by atoms with E-state index < -0.39 is 10.8 Å². The van der Waals surface area contributed by atoms with Gasteiger partial charge < -0.3 is 0 Å². The molecule has 0 bridgehead atoms. The molecule has 2 rings (SSSR count). The molecular weight excluding hydrogens is 218 g/mol. The molecule has 2 aromatic rings. The normalized spacial score (nSPS) is 12.8. The Morgan fingerprint density at radius 3 is 2.56 bits per heavy atom. The zero-order valence-electron chi connectivity index (χ0n) is 8.61. The van der Waals surface area contributed by atoms with Crippen molar-refractivity contribution in [3.05, 3.63) is 65.8 Å². The molecule has 2 nitrogen and oxygen atoms in total. The molecule has 0 saturated carbocycles. The monoisotopic (exact) mass is 229 g/mol. The fraction of sp³-hybridized carbons (Fsp3) is 0. The van der Waals surface area contributed by atoms with Gasteiger partial charge in [-0.05, 0) is 29.8 Å². The summed E-state index contributed by atoms with van der Waals surface area (Å²) in [5.74, 6) is 0. The van der Waals surface area contributed by atoms with E-state index in [9.17, 15) is 4.21 Å². The summed E-state index contributed by atoms with van der Waals surface area (Å²) in [4.78, 5) is 4.79. The van der Waals surface area contributed by atoms with Gasteiger partial charge in [0.05, 0.1) is 10.8 Å². The predicted molar refractivity (Wildman–Crippen MR) is 66.1 cm³/mol. The van der Waals surface area contributed by atoms with Crippen LogP contribution in [0.5, 0.6) is 0 Å². The van der Waals surface area contributed by atoms with Gasteiger partial charge in [-0.1, -0.05) is 24.3 Å². The topological polar surface area (TPSA) is 30.0 Å².